The quantitative estimate of drug-likeness (QED) is 0.558. The normalized spacial score (nSPS) is 22.2. The number of nitrogens with zero attached hydrogens (tertiary/aromatic N) is 2. The molecule has 8 nitrogen and oxygen atoms in total. The molecule has 5 rings (SSSR count). The molecule has 2 aromatic carbocycles. The summed E-state index contributed by atoms with van der Waals surface area (Å²) < 4.78 is 78.0. The summed E-state index contributed by atoms with van der Waals surface area (Å²) in [5, 5.41) is 11.2. The Morgan fingerprint density at radius 2 is 1.60 bits per heavy atom. The average molecular weight is 507 g/mol. The number of hydrogen-bond donors (Lipinski definition) is 2. The van der Waals surface area contributed by atoms with E-state index in [1.54, 1.807) is 12.1 Å². The summed E-state index contributed by atoms with van der Waals surface area (Å²) in [6, 6.07) is 14.1. The van der Waals surface area contributed by atoms with Gasteiger partial charge in [0.25, 0.3) is 0 Å². The first-order valence-electron chi connectivity index (χ1n) is 10.6. The van der Waals surface area contributed by atoms with Crippen LogP contribution in [0.1, 0.15) is 5.69 Å². The molecule has 0 saturated carbocycles. The number of nitrogens with one attached hydrogen (secondary N) is 1. The van der Waals surface area contributed by atoms with Gasteiger partial charge in [0.15, 0.2) is 11.5 Å². The summed E-state index contributed by atoms with van der Waals surface area (Å²) in [5.41, 5.74) is 0.144. The first kappa shape index (κ1) is 23.5. The maximum atomic E-state index is 12.9. The molecule has 35 heavy (non-hydrogen) atoms. The SMILES string of the molecule is O=S(=O)(N[C@@H]1COC[C@H](N2c3ccccc3Oc3ccccc32)[C@H]1O)c1ccc(C(F)(F)F)nc1. The van der Waals surface area contributed by atoms with Crippen LogP contribution in [0.2, 0.25) is 0 Å². The van der Waals surface area contributed by atoms with Crippen molar-refractivity contribution in [2.75, 3.05) is 18.1 Å². The van der Waals surface area contributed by atoms with Crippen LogP contribution in [0.25, 0.3) is 0 Å². The van der Waals surface area contributed by atoms with Crippen molar-refractivity contribution in [1.29, 1.82) is 0 Å². The summed E-state index contributed by atoms with van der Waals surface area (Å²) in [6.45, 7) is -0.0253. The lowest BCUT2D eigenvalue weighted by Gasteiger charge is -2.44. The van der Waals surface area contributed by atoms with Gasteiger partial charge in [0.1, 0.15) is 10.6 Å². The molecule has 3 aromatic rings. The number of rotatable bonds is 4. The molecule has 0 bridgehead atoms. The second-order valence-electron chi connectivity index (χ2n) is 8.11. The number of aromatic nitrogens is 1. The molecule has 3 atom stereocenters. The van der Waals surface area contributed by atoms with Crippen LogP contribution in [0.15, 0.2) is 71.8 Å². The Morgan fingerprint density at radius 1 is 0.971 bits per heavy atom. The highest BCUT2D eigenvalue weighted by Gasteiger charge is 2.42. The van der Waals surface area contributed by atoms with Gasteiger partial charge in [-0.25, -0.2) is 13.1 Å². The molecule has 1 aromatic heterocycles. The zero-order chi connectivity index (χ0) is 24.8. The van der Waals surface area contributed by atoms with Gasteiger partial charge in [0.2, 0.25) is 10.0 Å². The second-order valence-corrected chi connectivity index (χ2v) is 9.82. The molecule has 12 heteroatoms. The Balaban J connectivity index is 1.42. The number of hydrogen-bond acceptors (Lipinski definition) is 7. The summed E-state index contributed by atoms with van der Waals surface area (Å²) in [7, 11) is -4.29. The third-order valence-corrected chi connectivity index (χ3v) is 7.31. The fourth-order valence-electron chi connectivity index (χ4n) is 4.18. The van der Waals surface area contributed by atoms with Gasteiger partial charge >= 0.3 is 6.18 Å². The highest BCUT2D eigenvalue weighted by Crippen LogP contribution is 2.48. The molecule has 0 unspecified atom stereocenters. The van der Waals surface area contributed by atoms with Gasteiger partial charge in [-0.3, -0.25) is 4.98 Å². The Labute approximate surface area is 199 Å². The smallest absolute Gasteiger partial charge is 0.433 e. The van der Waals surface area contributed by atoms with Gasteiger partial charge in [-0.05, 0) is 36.4 Å². The number of aliphatic hydroxyl groups excluding tert-OH is 1. The van der Waals surface area contributed by atoms with E-state index >= 15 is 0 Å². The third-order valence-electron chi connectivity index (χ3n) is 5.84. The molecule has 2 aliphatic heterocycles. The molecule has 0 amide bonds. The number of anilines is 2. The number of ether oxygens (including phenoxy) is 2. The van der Waals surface area contributed by atoms with E-state index in [0.717, 1.165) is 6.07 Å². The number of benzene rings is 2. The monoisotopic (exact) mass is 507 g/mol. The van der Waals surface area contributed by atoms with E-state index in [1.807, 2.05) is 41.3 Å². The van der Waals surface area contributed by atoms with E-state index in [4.69, 9.17) is 9.47 Å². The standard InChI is InChI=1S/C23H20F3N3O5S/c24-23(25,26)21-10-9-14(11-27-21)35(31,32)28-15-12-33-13-18(22(15)30)29-16-5-1-3-7-19(16)34-20-8-4-2-6-17(20)29/h1-11,15,18,22,28,30H,12-13H2/t15-,18+,22+/m1/s1. The molecule has 184 valence electrons. The predicted octanol–water partition coefficient (Wildman–Crippen LogP) is 3.45. The van der Waals surface area contributed by atoms with E-state index in [0.29, 0.717) is 35.1 Å². The van der Waals surface area contributed by atoms with E-state index < -0.39 is 45.0 Å². The van der Waals surface area contributed by atoms with Crippen LogP contribution >= 0.6 is 0 Å². The van der Waals surface area contributed by atoms with Crippen LogP contribution in [0, 0.1) is 0 Å². The average Bonchev–Trinajstić information content (AvgIpc) is 2.83. The van der Waals surface area contributed by atoms with E-state index in [1.165, 1.54) is 0 Å². The van der Waals surface area contributed by atoms with Gasteiger partial charge < -0.3 is 19.5 Å². The number of sulfonamides is 1. The second kappa shape index (κ2) is 8.79. The fraction of sp³-hybridized carbons (Fsp3) is 0.261. The van der Waals surface area contributed by atoms with Crippen LogP contribution in [0.4, 0.5) is 24.5 Å². The van der Waals surface area contributed by atoms with E-state index in [-0.39, 0.29) is 13.2 Å². The first-order valence-corrected chi connectivity index (χ1v) is 12.1. The van der Waals surface area contributed by atoms with Crippen LogP contribution in [-0.2, 0) is 20.9 Å². The van der Waals surface area contributed by atoms with Crippen molar-refractivity contribution in [2.45, 2.75) is 29.3 Å². The van der Waals surface area contributed by atoms with Crippen LogP contribution < -0.4 is 14.4 Å². The lowest BCUT2D eigenvalue weighted by molar-refractivity contribution is -0.141. The predicted molar refractivity (Wildman–Crippen MR) is 119 cm³/mol. The Kier molecular flexibility index (Phi) is 5.91. The molecular weight excluding hydrogens is 487 g/mol. The van der Waals surface area contributed by atoms with Gasteiger partial charge in [0, 0.05) is 6.20 Å². The van der Waals surface area contributed by atoms with Crippen LogP contribution in [0.3, 0.4) is 0 Å². The lowest BCUT2D eigenvalue weighted by Crippen LogP contribution is -2.60. The third kappa shape index (κ3) is 4.45. The highest BCUT2D eigenvalue weighted by molar-refractivity contribution is 7.89. The van der Waals surface area contributed by atoms with Crippen LogP contribution in [0.5, 0.6) is 11.5 Å². The first-order chi connectivity index (χ1) is 16.6. The number of aliphatic hydroxyl groups is 1. The number of pyridine rings is 1. The fourth-order valence-corrected chi connectivity index (χ4v) is 5.36. The van der Waals surface area contributed by atoms with Crippen molar-refractivity contribution in [3.63, 3.8) is 0 Å². The number of fused-ring (bicyclic) bond motifs is 2. The molecule has 1 fully saturated rings. The maximum Gasteiger partial charge on any atom is 0.433 e. The van der Waals surface area contributed by atoms with Crippen molar-refractivity contribution >= 4 is 21.4 Å². The Hall–Kier alpha value is -3.19. The lowest BCUT2D eigenvalue weighted by atomic mass is 9.98. The number of alkyl halides is 3. The molecule has 2 N–H and O–H groups in total. The van der Waals surface area contributed by atoms with Gasteiger partial charge in [-0.2, -0.15) is 13.2 Å². The van der Waals surface area contributed by atoms with Crippen molar-refractivity contribution in [2.24, 2.45) is 0 Å². The summed E-state index contributed by atoms with van der Waals surface area (Å²) in [5.74, 6) is 1.13. The van der Waals surface area contributed by atoms with Gasteiger partial charge in [-0.15, -0.1) is 0 Å². The Morgan fingerprint density at radius 3 is 2.17 bits per heavy atom. The minimum Gasteiger partial charge on any atom is -0.453 e. The summed E-state index contributed by atoms with van der Waals surface area (Å²) in [4.78, 5) is 4.60. The highest BCUT2D eigenvalue weighted by atomic mass is 32.2. The summed E-state index contributed by atoms with van der Waals surface area (Å²) in [6.07, 6.45) is -5.28. The van der Waals surface area contributed by atoms with Crippen molar-refractivity contribution < 1.29 is 36.2 Å². The summed E-state index contributed by atoms with van der Waals surface area (Å²) >= 11 is 0. The Bertz CT molecular complexity index is 1290. The van der Waals surface area contributed by atoms with Crippen molar-refractivity contribution in [3.8, 4) is 11.5 Å². The molecule has 3 heterocycles. The van der Waals surface area contributed by atoms with Crippen molar-refractivity contribution in [1.82, 2.24) is 9.71 Å². The molecule has 1 saturated heterocycles. The van der Waals surface area contributed by atoms with Gasteiger partial charge in [-0.1, -0.05) is 24.3 Å². The zero-order valence-electron chi connectivity index (χ0n) is 18.0. The molecule has 0 radical (unpaired) electrons. The molecule has 0 aliphatic carbocycles. The minimum atomic E-state index is -4.69. The zero-order valence-corrected chi connectivity index (χ0v) is 18.8. The topological polar surface area (TPSA) is 101 Å². The van der Waals surface area contributed by atoms with Crippen molar-refractivity contribution in [3.05, 3.63) is 72.6 Å². The van der Waals surface area contributed by atoms with Gasteiger partial charge in [0.05, 0.1) is 42.8 Å². The largest absolute Gasteiger partial charge is 0.453 e. The number of para-hydroxylation sites is 4. The molecule has 0 spiro atoms. The van der Waals surface area contributed by atoms with Crippen LogP contribution in [-0.4, -0.2) is 49.9 Å². The number of halogens is 3. The molecular formula is C23H20F3N3O5S. The molecule has 2 aliphatic rings. The minimum absolute atomic E-state index is 0.101. The van der Waals surface area contributed by atoms with E-state index in [2.05, 4.69) is 9.71 Å². The maximum absolute atomic E-state index is 12.9. The van der Waals surface area contributed by atoms with E-state index in [9.17, 15) is 26.7 Å².